The Labute approximate surface area is 182 Å². The maximum atomic E-state index is 13.6. The number of carbonyl (C=O) groups excluding carboxylic acids is 2. The van der Waals surface area contributed by atoms with Crippen LogP contribution in [0.15, 0.2) is 62.1 Å². The van der Waals surface area contributed by atoms with Gasteiger partial charge >= 0.3 is 5.97 Å². The largest absolute Gasteiger partial charge is 0.462 e. The lowest BCUT2D eigenvalue weighted by molar-refractivity contribution is -0.140. The molecular formula is C21H15BrN4O5. The number of nitrogens with two attached hydrogens (primary N) is 1. The van der Waals surface area contributed by atoms with Crippen molar-refractivity contribution in [2.45, 2.75) is 12.5 Å². The number of benzene rings is 2. The van der Waals surface area contributed by atoms with Crippen LogP contribution in [0, 0.1) is 0 Å². The first kappa shape index (κ1) is 19.3. The summed E-state index contributed by atoms with van der Waals surface area (Å²) >= 11 is 3.37. The van der Waals surface area contributed by atoms with Gasteiger partial charge in [-0.3, -0.25) is 14.4 Å². The lowest BCUT2D eigenvalue weighted by Crippen LogP contribution is -2.52. The first-order valence-electron chi connectivity index (χ1n) is 9.40. The van der Waals surface area contributed by atoms with E-state index in [1.165, 1.54) is 12.1 Å². The zero-order valence-electron chi connectivity index (χ0n) is 16.1. The number of ether oxygens (including phenoxy) is 1. The molecule has 10 heteroatoms. The van der Waals surface area contributed by atoms with Gasteiger partial charge in [0.1, 0.15) is 11.4 Å². The molecule has 3 aromatic rings. The summed E-state index contributed by atoms with van der Waals surface area (Å²) in [6.45, 7) is 1.62. The van der Waals surface area contributed by atoms with Crippen molar-refractivity contribution in [1.82, 2.24) is 9.36 Å². The van der Waals surface area contributed by atoms with Gasteiger partial charge in [-0.1, -0.05) is 28.1 Å². The Morgan fingerprint density at radius 2 is 1.81 bits per heavy atom. The van der Waals surface area contributed by atoms with Crippen molar-refractivity contribution in [2.24, 2.45) is 5.73 Å². The molecule has 1 amide bonds. The molecule has 0 radical (unpaired) electrons. The molecule has 3 N–H and O–H groups in total. The molecule has 3 heterocycles. The third kappa shape index (κ3) is 2.25. The van der Waals surface area contributed by atoms with Crippen LogP contribution < -0.4 is 22.2 Å². The van der Waals surface area contributed by atoms with Crippen molar-refractivity contribution in [3.63, 3.8) is 0 Å². The fraction of sp³-hybridized carbons (Fsp3) is 0.143. The van der Waals surface area contributed by atoms with Crippen LogP contribution in [0.5, 0.6) is 0 Å². The van der Waals surface area contributed by atoms with Crippen LogP contribution in [-0.4, -0.2) is 27.8 Å². The average Bonchev–Trinajstić information content (AvgIpc) is 3.19. The highest BCUT2D eigenvalue weighted by molar-refractivity contribution is 9.10. The molecule has 1 spiro atoms. The molecule has 0 bridgehead atoms. The van der Waals surface area contributed by atoms with Gasteiger partial charge in [-0.25, -0.2) is 9.48 Å². The summed E-state index contributed by atoms with van der Waals surface area (Å²) in [4.78, 5) is 53.5. The topological polar surface area (TPSA) is 125 Å². The number of nitrogens with one attached hydrogen (secondary N) is 1. The summed E-state index contributed by atoms with van der Waals surface area (Å²) < 4.78 is 7.66. The van der Waals surface area contributed by atoms with Gasteiger partial charge in [0, 0.05) is 15.7 Å². The van der Waals surface area contributed by atoms with E-state index in [-0.39, 0.29) is 28.8 Å². The number of fused-ring (bicyclic) bond motifs is 5. The van der Waals surface area contributed by atoms with Crippen molar-refractivity contribution >= 4 is 50.1 Å². The summed E-state index contributed by atoms with van der Waals surface area (Å²) in [7, 11) is 0. The first-order valence-corrected chi connectivity index (χ1v) is 10.2. The number of nitrogens with zero attached hydrogens (tertiary/aromatic N) is 2. The lowest BCUT2D eigenvalue weighted by Gasteiger charge is -2.27. The Hall–Kier alpha value is -3.66. The lowest BCUT2D eigenvalue weighted by atomic mass is 9.84. The second-order valence-electron chi connectivity index (χ2n) is 7.11. The number of hydrogen-bond acceptors (Lipinski definition) is 6. The summed E-state index contributed by atoms with van der Waals surface area (Å²) in [6, 6.07) is 11.2. The summed E-state index contributed by atoms with van der Waals surface area (Å²) in [5.74, 6) is -1.90. The van der Waals surface area contributed by atoms with Gasteiger partial charge in [0.05, 0.1) is 17.4 Å². The SMILES string of the molecule is CCOC(=O)C1=C(N)n2c(=O)c3ccccc3c(=O)n2C12C(=O)Nc1ccc(Br)cc12. The molecule has 2 aliphatic heterocycles. The molecule has 0 saturated heterocycles. The van der Waals surface area contributed by atoms with Crippen molar-refractivity contribution in [3.8, 4) is 0 Å². The predicted octanol–water partition coefficient (Wildman–Crippen LogP) is 1.33. The summed E-state index contributed by atoms with van der Waals surface area (Å²) in [5.41, 5.74) is 3.45. The Kier molecular flexibility index (Phi) is 4.00. The van der Waals surface area contributed by atoms with Crippen LogP contribution >= 0.6 is 15.9 Å². The smallest absolute Gasteiger partial charge is 0.341 e. The maximum absolute atomic E-state index is 13.6. The molecule has 31 heavy (non-hydrogen) atoms. The van der Waals surface area contributed by atoms with E-state index >= 15 is 0 Å². The Balaban J connectivity index is 2.03. The molecule has 5 rings (SSSR count). The van der Waals surface area contributed by atoms with E-state index in [1.54, 1.807) is 37.3 Å². The molecule has 0 saturated carbocycles. The van der Waals surface area contributed by atoms with E-state index in [9.17, 15) is 19.2 Å². The van der Waals surface area contributed by atoms with Gasteiger partial charge in [-0.05, 0) is 37.3 Å². The highest BCUT2D eigenvalue weighted by atomic mass is 79.9. The monoisotopic (exact) mass is 482 g/mol. The highest BCUT2D eigenvalue weighted by Gasteiger charge is 2.61. The highest BCUT2D eigenvalue weighted by Crippen LogP contribution is 2.48. The van der Waals surface area contributed by atoms with E-state index in [0.717, 1.165) is 9.36 Å². The fourth-order valence-corrected chi connectivity index (χ4v) is 4.72. The number of rotatable bonds is 2. The number of amides is 1. The first-order chi connectivity index (χ1) is 14.8. The molecule has 0 aliphatic carbocycles. The van der Waals surface area contributed by atoms with Crippen LogP contribution in [0.1, 0.15) is 12.5 Å². The van der Waals surface area contributed by atoms with Crippen LogP contribution in [0.4, 0.5) is 5.69 Å². The van der Waals surface area contributed by atoms with E-state index in [2.05, 4.69) is 21.2 Å². The quantitative estimate of drug-likeness (QED) is 0.530. The maximum Gasteiger partial charge on any atom is 0.341 e. The normalized spacial score (nSPS) is 19.0. The average molecular weight is 483 g/mol. The third-order valence-electron chi connectivity index (χ3n) is 5.56. The van der Waals surface area contributed by atoms with E-state index in [0.29, 0.717) is 15.7 Å². The zero-order valence-corrected chi connectivity index (χ0v) is 17.7. The van der Waals surface area contributed by atoms with E-state index in [1.807, 2.05) is 0 Å². The Morgan fingerprint density at radius 3 is 2.48 bits per heavy atom. The van der Waals surface area contributed by atoms with Crippen LogP contribution in [0.2, 0.25) is 0 Å². The number of anilines is 1. The third-order valence-corrected chi connectivity index (χ3v) is 6.06. The van der Waals surface area contributed by atoms with Crippen molar-refractivity contribution in [2.75, 3.05) is 11.9 Å². The molecule has 9 nitrogen and oxygen atoms in total. The minimum Gasteiger partial charge on any atom is -0.462 e. The molecule has 156 valence electrons. The van der Waals surface area contributed by atoms with Crippen LogP contribution in [-0.2, 0) is 19.9 Å². The number of hydrogen-bond donors (Lipinski definition) is 2. The molecule has 0 fully saturated rings. The minimum atomic E-state index is -1.99. The second-order valence-corrected chi connectivity index (χ2v) is 8.03. The van der Waals surface area contributed by atoms with Gasteiger partial charge in [0.2, 0.25) is 5.54 Å². The predicted molar refractivity (Wildman–Crippen MR) is 116 cm³/mol. The van der Waals surface area contributed by atoms with Crippen molar-refractivity contribution in [1.29, 1.82) is 0 Å². The van der Waals surface area contributed by atoms with Crippen molar-refractivity contribution in [3.05, 3.63) is 78.8 Å². The minimum absolute atomic E-state index is 0.0147. The molecule has 2 aromatic carbocycles. The van der Waals surface area contributed by atoms with Gasteiger partial charge < -0.3 is 15.8 Å². The molecule has 1 atom stereocenters. The van der Waals surface area contributed by atoms with Gasteiger partial charge in [0.15, 0.2) is 0 Å². The summed E-state index contributed by atoms with van der Waals surface area (Å²) in [6.07, 6.45) is 0. The summed E-state index contributed by atoms with van der Waals surface area (Å²) in [5, 5.41) is 2.94. The Morgan fingerprint density at radius 1 is 1.13 bits per heavy atom. The number of aromatic nitrogens is 2. The van der Waals surface area contributed by atoms with Crippen molar-refractivity contribution < 1.29 is 14.3 Å². The number of carbonyl (C=O) groups is 2. The molecule has 1 unspecified atom stereocenters. The number of esters is 1. The zero-order chi connectivity index (χ0) is 22.1. The van der Waals surface area contributed by atoms with Crippen LogP contribution in [0.25, 0.3) is 16.6 Å². The molecule has 1 aromatic heterocycles. The standard InChI is InChI=1S/C21H15BrN4O5/c1-2-31-19(29)15-16(23)25-17(27)11-5-3-4-6-12(11)18(28)26(25)21(15)13-9-10(22)7-8-14(13)24-20(21)30/h3-9H,2,23H2,1H3,(H,24,30). The van der Waals surface area contributed by atoms with Gasteiger partial charge in [-0.15, -0.1) is 0 Å². The number of halogens is 1. The molecular weight excluding hydrogens is 468 g/mol. The van der Waals surface area contributed by atoms with Gasteiger partial charge in [0.25, 0.3) is 17.0 Å². The van der Waals surface area contributed by atoms with Crippen LogP contribution in [0.3, 0.4) is 0 Å². The van der Waals surface area contributed by atoms with E-state index < -0.39 is 28.5 Å². The van der Waals surface area contributed by atoms with Gasteiger partial charge in [-0.2, -0.15) is 4.68 Å². The fourth-order valence-electron chi connectivity index (χ4n) is 4.36. The second kappa shape index (κ2) is 6.42. The van der Waals surface area contributed by atoms with E-state index in [4.69, 9.17) is 10.5 Å². The molecule has 2 aliphatic rings. The Bertz CT molecular complexity index is 1490.